The normalized spacial score (nSPS) is 14.9. The van der Waals surface area contributed by atoms with Crippen molar-refractivity contribution in [3.05, 3.63) is 48.0 Å². The topological polar surface area (TPSA) is 67.2 Å². The number of anilines is 1. The molecule has 1 aliphatic heterocycles. The van der Waals surface area contributed by atoms with Crippen molar-refractivity contribution in [3.8, 4) is 0 Å². The molecule has 0 atom stereocenters. The number of aromatic nitrogens is 4. The Kier molecular flexibility index (Phi) is 4.20. The molecule has 3 heterocycles. The maximum Gasteiger partial charge on any atom is 0.244 e. The van der Waals surface area contributed by atoms with Crippen LogP contribution in [0.4, 0.5) is 5.13 Å². The number of hydrogen-bond donors (Lipinski definition) is 0. The fourth-order valence-electron chi connectivity index (χ4n) is 3.62. The van der Waals surface area contributed by atoms with Crippen LogP contribution in [0.3, 0.4) is 0 Å². The second-order valence-corrected chi connectivity index (χ2v) is 8.03. The van der Waals surface area contributed by atoms with Crippen LogP contribution in [0.2, 0.25) is 0 Å². The first kappa shape index (κ1) is 17.1. The summed E-state index contributed by atoms with van der Waals surface area (Å²) in [6.07, 6.45) is 0. The van der Waals surface area contributed by atoms with Gasteiger partial charge < -0.3 is 9.80 Å². The minimum Gasteiger partial charge on any atom is -0.345 e. The largest absolute Gasteiger partial charge is 0.345 e. The number of piperazine rings is 1. The van der Waals surface area contributed by atoms with Crippen molar-refractivity contribution < 1.29 is 4.79 Å². The lowest BCUT2D eigenvalue weighted by molar-refractivity contribution is -0.132. The van der Waals surface area contributed by atoms with E-state index in [1.165, 1.54) is 10.3 Å². The summed E-state index contributed by atoms with van der Waals surface area (Å²) in [4.78, 5) is 21.7. The molecule has 8 heteroatoms. The molecule has 0 bridgehead atoms. The molecule has 1 fully saturated rings. The van der Waals surface area contributed by atoms with Gasteiger partial charge in [0, 0.05) is 26.2 Å². The van der Waals surface area contributed by atoms with E-state index in [-0.39, 0.29) is 12.5 Å². The lowest BCUT2D eigenvalue weighted by Crippen LogP contribution is -2.49. The number of carbonyl (C=O) groups is 1. The molecule has 0 saturated carbocycles. The number of fused-ring (bicyclic) bond motifs is 2. The van der Waals surface area contributed by atoms with Crippen LogP contribution in [0.5, 0.6) is 0 Å². The van der Waals surface area contributed by atoms with Crippen LogP contribution >= 0.6 is 11.3 Å². The summed E-state index contributed by atoms with van der Waals surface area (Å²) < 4.78 is 2.90. The second-order valence-electron chi connectivity index (χ2n) is 7.02. The molecule has 7 nitrogen and oxygen atoms in total. The monoisotopic (exact) mass is 392 g/mol. The van der Waals surface area contributed by atoms with Gasteiger partial charge >= 0.3 is 0 Å². The molecule has 0 aliphatic carbocycles. The highest BCUT2D eigenvalue weighted by Gasteiger charge is 2.24. The summed E-state index contributed by atoms with van der Waals surface area (Å²) in [7, 11) is 0. The van der Waals surface area contributed by atoms with Crippen LogP contribution in [0.15, 0.2) is 42.5 Å². The second kappa shape index (κ2) is 6.87. The zero-order valence-electron chi connectivity index (χ0n) is 15.6. The van der Waals surface area contributed by atoms with Gasteiger partial charge in [-0.2, -0.15) is 0 Å². The van der Waals surface area contributed by atoms with E-state index in [9.17, 15) is 4.79 Å². The Balaban J connectivity index is 1.26. The molecular weight excluding hydrogens is 372 g/mol. The molecule has 0 spiro atoms. The van der Waals surface area contributed by atoms with E-state index < -0.39 is 0 Å². The number of benzene rings is 2. The van der Waals surface area contributed by atoms with Crippen LogP contribution in [-0.4, -0.2) is 57.0 Å². The third kappa shape index (κ3) is 2.99. The van der Waals surface area contributed by atoms with E-state index in [0.29, 0.717) is 13.1 Å². The van der Waals surface area contributed by atoms with Gasteiger partial charge in [0.1, 0.15) is 12.1 Å². The third-order valence-electron chi connectivity index (χ3n) is 5.22. The predicted octanol–water partition coefficient (Wildman–Crippen LogP) is 2.70. The molecule has 0 radical (unpaired) electrons. The van der Waals surface area contributed by atoms with Crippen molar-refractivity contribution in [2.75, 3.05) is 31.1 Å². The van der Waals surface area contributed by atoms with Gasteiger partial charge in [0.25, 0.3) is 0 Å². The van der Waals surface area contributed by atoms with Gasteiger partial charge in [-0.15, -0.1) is 5.10 Å². The quantitative estimate of drug-likeness (QED) is 0.536. The van der Waals surface area contributed by atoms with Crippen LogP contribution in [-0.2, 0) is 11.3 Å². The summed E-state index contributed by atoms with van der Waals surface area (Å²) in [5.41, 5.74) is 3.98. The molecular formula is C20H20N6OS. The standard InChI is InChI=1S/C20H20N6OS/c1-14-5-4-8-17-19(14)21-20(28-17)25-11-9-24(10-12-25)18(27)13-26-16-7-3-2-6-15(16)22-23-26/h2-8H,9-13H2,1H3. The van der Waals surface area contributed by atoms with E-state index >= 15 is 0 Å². The van der Waals surface area contributed by atoms with E-state index in [1.54, 1.807) is 16.0 Å². The van der Waals surface area contributed by atoms with Gasteiger partial charge in [-0.05, 0) is 30.7 Å². The fraction of sp³-hybridized carbons (Fsp3) is 0.300. The van der Waals surface area contributed by atoms with Gasteiger partial charge in [0.05, 0.1) is 15.7 Å². The van der Waals surface area contributed by atoms with E-state index in [0.717, 1.165) is 34.8 Å². The van der Waals surface area contributed by atoms with Crippen molar-refractivity contribution in [3.63, 3.8) is 0 Å². The lowest BCUT2D eigenvalue weighted by Gasteiger charge is -2.34. The maximum absolute atomic E-state index is 12.7. The summed E-state index contributed by atoms with van der Waals surface area (Å²) in [6.45, 7) is 5.29. The highest BCUT2D eigenvalue weighted by molar-refractivity contribution is 7.22. The Bertz CT molecular complexity index is 1160. The van der Waals surface area contributed by atoms with E-state index in [1.807, 2.05) is 29.2 Å². The number of carbonyl (C=O) groups excluding carboxylic acids is 1. The Morgan fingerprint density at radius 2 is 1.89 bits per heavy atom. The van der Waals surface area contributed by atoms with Crippen molar-refractivity contribution in [1.82, 2.24) is 24.9 Å². The highest BCUT2D eigenvalue weighted by Crippen LogP contribution is 2.31. The number of para-hydroxylation sites is 2. The molecule has 5 rings (SSSR count). The first-order chi connectivity index (χ1) is 13.7. The fourth-order valence-corrected chi connectivity index (χ4v) is 4.71. The number of aryl methyl sites for hydroxylation is 1. The van der Waals surface area contributed by atoms with E-state index in [4.69, 9.17) is 4.98 Å². The van der Waals surface area contributed by atoms with Gasteiger partial charge in [0.2, 0.25) is 5.91 Å². The van der Waals surface area contributed by atoms with Crippen molar-refractivity contribution in [2.45, 2.75) is 13.5 Å². The molecule has 28 heavy (non-hydrogen) atoms. The molecule has 0 unspecified atom stereocenters. The third-order valence-corrected chi connectivity index (χ3v) is 6.30. The Morgan fingerprint density at radius 3 is 2.71 bits per heavy atom. The Hall–Kier alpha value is -3.00. The number of amides is 1. The maximum atomic E-state index is 12.7. The van der Waals surface area contributed by atoms with Gasteiger partial charge in [-0.3, -0.25) is 4.79 Å². The van der Waals surface area contributed by atoms with Gasteiger partial charge in [0.15, 0.2) is 5.13 Å². The average molecular weight is 392 g/mol. The van der Waals surface area contributed by atoms with Crippen LogP contribution in [0.25, 0.3) is 21.3 Å². The summed E-state index contributed by atoms with van der Waals surface area (Å²) in [5, 5.41) is 9.29. The molecule has 142 valence electrons. The number of nitrogens with zero attached hydrogens (tertiary/aromatic N) is 6. The minimum atomic E-state index is 0.0791. The molecule has 1 saturated heterocycles. The zero-order valence-corrected chi connectivity index (χ0v) is 16.4. The molecule has 4 aromatic rings. The molecule has 1 amide bonds. The lowest BCUT2D eigenvalue weighted by atomic mass is 10.2. The SMILES string of the molecule is Cc1cccc2sc(N3CCN(C(=O)Cn4nnc5ccccc54)CC3)nc12. The van der Waals surface area contributed by atoms with Crippen LogP contribution in [0, 0.1) is 6.92 Å². The number of hydrogen-bond acceptors (Lipinski definition) is 6. The average Bonchev–Trinajstić information content (AvgIpc) is 3.34. The predicted molar refractivity (Wildman–Crippen MR) is 111 cm³/mol. The first-order valence-electron chi connectivity index (χ1n) is 9.36. The van der Waals surface area contributed by atoms with Gasteiger partial charge in [-0.1, -0.05) is 40.8 Å². The van der Waals surface area contributed by atoms with Crippen molar-refractivity contribution in [2.24, 2.45) is 0 Å². The van der Waals surface area contributed by atoms with Crippen molar-refractivity contribution >= 4 is 43.6 Å². The summed E-state index contributed by atoms with van der Waals surface area (Å²) in [5.74, 6) is 0.0791. The van der Waals surface area contributed by atoms with Crippen LogP contribution in [0.1, 0.15) is 5.56 Å². The highest BCUT2D eigenvalue weighted by atomic mass is 32.1. The van der Waals surface area contributed by atoms with Crippen molar-refractivity contribution in [1.29, 1.82) is 0 Å². The molecule has 2 aromatic carbocycles. The minimum absolute atomic E-state index is 0.0791. The summed E-state index contributed by atoms with van der Waals surface area (Å²) >= 11 is 1.72. The number of thiazole rings is 1. The first-order valence-corrected chi connectivity index (χ1v) is 10.2. The van der Waals surface area contributed by atoms with Gasteiger partial charge in [-0.25, -0.2) is 9.67 Å². The molecule has 2 aromatic heterocycles. The summed E-state index contributed by atoms with van der Waals surface area (Å²) in [6, 6.07) is 14.0. The van der Waals surface area contributed by atoms with Crippen LogP contribution < -0.4 is 4.90 Å². The Labute approximate surface area is 166 Å². The Morgan fingerprint density at radius 1 is 1.07 bits per heavy atom. The zero-order chi connectivity index (χ0) is 19.1. The number of rotatable bonds is 3. The smallest absolute Gasteiger partial charge is 0.244 e. The molecule has 0 N–H and O–H groups in total. The van der Waals surface area contributed by atoms with E-state index in [2.05, 4.69) is 40.3 Å². The molecule has 1 aliphatic rings.